The lowest BCUT2D eigenvalue weighted by molar-refractivity contribution is -0.143. The molecule has 0 aromatic rings. The first-order valence-electron chi connectivity index (χ1n) is 4.93. The maximum Gasteiger partial charge on any atom is 0.320 e. The summed E-state index contributed by atoms with van der Waals surface area (Å²) in [4.78, 5) is 10.6. The zero-order chi connectivity index (χ0) is 12.8. The Labute approximate surface area is 90.8 Å². The van der Waals surface area contributed by atoms with Crippen molar-refractivity contribution in [1.82, 2.24) is 5.32 Å². The molecule has 16 heavy (non-hydrogen) atoms. The highest BCUT2D eigenvalue weighted by atomic mass is 19.3. The SMILES string of the molecule is CCCCC(NCC(F)(F)C(F)F)C(=O)O. The Hall–Kier alpha value is -0.850. The highest BCUT2D eigenvalue weighted by molar-refractivity contribution is 5.73. The summed E-state index contributed by atoms with van der Waals surface area (Å²) in [6.07, 6.45) is -2.41. The van der Waals surface area contributed by atoms with Crippen molar-refractivity contribution >= 4 is 5.97 Å². The molecule has 96 valence electrons. The van der Waals surface area contributed by atoms with Crippen LogP contribution in [0.25, 0.3) is 0 Å². The Morgan fingerprint density at radius 1 is 1.44 bits per heavy atom. The van der Waals surface area contributed by atoms with Crippen LogP contribution in [0.15, 0.2) is 0 Å². The van der Waals surface area contributed by atoms with Crippen LogP contribution in [0.1, 0.15) is 26.2 Å². The molecular weight excluding hydrogens is 230 g/mol. The standard InChI is InChI=1S/C9H15F4NO2/c1-2-3-4-6(7(15)16)14-5-9(12,13)8(10)11/h6,8,14H,2-5H2,1H3,(H,15,16). The molecule has 1 atom stereocenters. The Morgan fingerprint density at radius 3 is 2.38 bits per heavy atom. The fourth-order valence-electron chi connectivity index (χ4n) is 1.06. The molecule has 0 bridgehead atoms. The van der Waals surface area contributed by atoms with E-state index in [0.29, 0.717) is 12.8 Å². The van der Waals surface area contributed by atoms with Crippen LogP contribution < -0.4 is 5.32 Å². The first kappa shape index (κ1) is 15.2. The lowest BCUT2D eigenvalue weighted by Crippen LogP contribution is -2.46. The van der Waals surface area contributed by atoms with E-state index in [1.807, 2.05) is 12.2 Å². The van der Waals surface area contributed by atoms with Crippen LogP contribution in [-0.4, -0.2) is 36.0 Å². The molecule has 0 heterocycles. The quantitative estimate of drug-likeness (QED) is 0.644. The molecule has 0 amide bonds. The summed E-state index contributed by atoms with van der Waals surface area (Å²) in [6, 6.07) is -1.20. The number of hydrogen-bond acceptors (Lipinski definition) is 2. The lowest BCUT2D eigenvalue weighted by atomic mass is 10.1. The molecule has 3 nitrogen and oxygen atoms in total. The van der Waals surface area contributed by atoms with Crippen LogP contribution in [0.2, 0.25) is 0 Å². The molecule has 0 saturated carbocycles. The molecule has 0 saturated heterocycles. The molecular formula is C9H15F4NO2. The second-order valence-corrected chi connectivity index (χ2v) is 3.48. The Kier molecular flexibility index (Phi) is 6.32. The van der Waals surface area contributed by atoms with E-state index in [1.54, 1.807) is 0 Å². The zero-order valence-corrected chi connectivity index (χ0v) is 8.85. The summed E-state index contributed by atoms with van der Waals surface area (Å²) < 4.78 is 48.5. The minimum atomic E-state index is -4.19. The minimum absolute atomic E-state index is 0.144. The number of nitrogens with one attached hydrogen (secondary N) is 1. The average Bonchev–Trinajstić information content (AvgIpc) is 2.16. The number of carboxylic acids is 1. The number of aliphatic carboxylic acids is 1. The number of carbonyl (C=O) groups is 1. The summed E-state index contributed by atoms with van der Waals surface area (Å²) in [5, 5.41) is 10.6. The van der Waals surface area contributed by atoms with E-state index in [-0.39, 0.29) is 6.42 Å². The summed E-state index contributed by atoms with van der Waals surface area (Å²) in [5.41, 5.74) is 0. The van der Waals surface area contributed by atoms with Gasteiger partial charge in [0.25, 0.3) is 0 Å². The molecule has 0 fully saturated rings. The molecule has 0 aliphatic carbocycles. The van der Waals surface area contributed by atoms with Crippen molar-refractivity contribution in [1.29, 1.82) is 0 Å². The van der Waals surface area contributed by atoms with Crippen molar-refractivity contribution in [3.05, 3.63) is 0 Å². The van der Waals surface area contributed by atoms with Gasteiger partial charge in [0.15, 0.2) is 0 Å². The van der Waals surface area contributed by atoms with Gasteiger partial charge in [0.05, 0.1) is 6.54 Å². The van der Waals surface area contributed by atoms with E-state index in [1.165, 1.54) is 0 Å². The van der Waals surface area contributed by atoms with E-state index in [4.69, 9.17) is 5.11 Å². The fraction of sp³-hybridized carbons (Fsp3) is 0.889. The van der Waals surface area contributed by atoms with E-state index < -0.39 is 30.9 Å². The van der Waals surface area contributed by atoms with Gasteiger partial charge >= 0.3 is 18.3 Å². The number of halogens is 4. The van der Waals surface area contributed by atoms with Crippen LogP contribution in [0.4, 0.5) is 17.6 Å². The number of carboxylic acid groups (broad SMARTS) is 1. The Balaban J connectivity index is 4.16. The molecule has 0 radical (unpaired) electrons. The predicted molar refractivity (Wildman–Crippen MR) is 49.9 cm³/mol. The summed E-state index contributed by atoms with van der Waals surface area (Å²) in [6.45, 7) is 0.484. The third-order valence-corrected chi connectivity index (χ3v) is 2.05. The lowest BCUT2D eigenvalue weighted by Gasteiger charge is -2.19. The summed E-state index contributed by atoms with van der Waals surface area (Å²) in [5.74, 6) is -5.50. The topological polar surface area (TPSA) is 49.3 Å². The van der Waals surface area contributed by atoms with Gasteiger partial charge in [-0.15, -0.1) is 0 Å². The zero-order valence-electron chi connectivity index (χ0n) is 8.85. The first-order chi connectivity index (χ1) is 7.31. The molecule has 0 aromatic carbocycles. The number of alkyl halides is 4. The van der Waals surface area contributed by atoms with Gasteiger partial charge in [-0.3, -0.25) is 10.1 Å². The predicted octanol–water partition coefficient (Wildman–Crippen LogP) is 2.12. The largest absolute Gasteiger partial charge is 0.480 e. The van der Waals surface area contributed by atoms with Gasteiger partial charge in [-0.1, -0.05) is 19.8 Å². The van der Waals surface area contributed by atoms with E-state index in [2.05, 4.69) is 0 Å². The number of unbranched alkanes of at least 4 members (excludes halogenated alkanes) is 1. The second kappa shape index (κ2) is 6.67. The van der Waals surface area contributed by atoms with Crippen molar-refractivity contribution < 1.29 is 27.5 Å². The van der Waals surface area contributed by atoms with Gasteiger partial charge in [-0.2, -0.15) is 8.78 Å². The van der Waals surface area contributed by atoms with Crippen LogP contribution in [0.3, 0.4) is 0 Å². The van der Waals surface area contributed by atoms with E-state index in [0.717, 1.165) is 0 Å². The van der Waals surface area contributed by atoms with Crippen molar-refractivity contribution in [2.45, 2.75) is 44.6 Å². The van der Waals surface area contributed by atoms with Gasteiger partial charge in [-0.05, 0) is 6.42 Å². The summed E-state index contributed by atoms with van der Waals surface area (Å²) in [7, 11) is 0. The Morgan fingerprint density at radius 2 is 2.00 bits per heavy atom. The second-order valence-electron chi connectivity index (χ2n) is 3.48. The van der Waals surface area contributed by atoms with Crippen LogP contribution in [0.5, 0.6) is 0 Å². The first-order valence-corrected chi connectivity index (χ1v) is 4.93. The van der Waals surface area contributed by atoms with Gasteiger partial charge in [0, 0.05) is 0 Å². The molecule has 0 aromatic heterocycles. The van der Waals surface area contributed by atoms with Crippen molar-refractivity contribution in [2.24, 2.45) is 0 Å². The number of rotatable bonds is 8. The highest BCUT2D eigenvalue weighted by Gasteiger charge is 2.41. The van der Waals surface area contributed by atoms with E-state index in [9.17, 15) is 22.4 Å². The molecule has 0 rings (SSSR count). The summed E-state index contributed by atoms with van der Waals surface area (Å²) >= 11 is 0. The molecule has 7 heteroatoms. The third kappa shape index (κ3) is 5.29. The van der Waals surface area contributed by atoms with Crippen LogP contribution in [0, 0.1) is 0 Å². The van der Waals surface area contributed by atoms with Gasteiger partial charge in [-0.25, -0.2) is 8.78 Å². The monoisotopic (exact) mass is 245 g/mol. The average molecular weight is 245 g/mol. The minimum Gasteiger partial charge on any atom is -0.480 e. The van der Waals surface area contributed by atoms with Gasteiger partial charge in [0.1, 0.15) is 6.04 Å². The van der Waals surface area contributed by atoms with Crippen LogP contribution >= 0.6 is 0 Å². The molecule has 0 spiro atoms. The number of hydrogen-bond donors (Lipinski definition) is 2. The van der Waals surface area contributed by atoms with Crippen molar-refractivity contribution in [3.8, 4) is 0 Å². The normalized spacial score (nSPS) is 14.1. The highest BCUT2D eigenvalue weighted by Crippen LogP contribution is 2.21. The maximum absolute atomic E-state index is 12.5. The molecule has 0 aliphatic rings. The molecule has 0 aliphatic heterocycles. The van der Waals surface area contributed by atoms with Gasteiger partial charge < -0.3 is 5.11 Å². The van der Waals surface area contributed by atoms with Crippen LogP contribution in [-0.2, 0) is 4.79 Å². The van der Waals surface area contributed by atoms with Gasteiger partial charge in [0.2, 0.25) is 0 Å². The van der Waals surface area contributed by atoms with Crippen molar-refractivity contribution in [2.75, 3.05) is 6.54 Å². The molecule has 2 N–H and O–H groups in total. The third-order valence-electron chi connectivity index (χ3n) is 2.05. The fourth-order valence-corrected chi connectivity index (χ4v) is 1.06. The van der Waals surface area contributed by atoms with Crippen molar-refractivity contribution in [3.63, 3.8) is 0 Å². The maximum atomic E-state index is 12.5. The Bertz CT molecular complexity index is 224. The smallest absolute Gasteiger partial charge is 0.320 e. The van der Waals surface area contributed by atoms with E-state index >= 15 is 0 Å². The molecule has 1 unspecified atom stereocenters.